The number of hydrogen-bond acceptors (Lipinski definition) is 5. The number of fused-ring (bicyclic) bond motifs is 3. The minimum Gasteiger partial charge on any atom is -0.341 e. The number of para-hydroxylation sites is 1. The van der Waals surface area contributed by atoms with E-state index >= 15 is 0 Å². The first-order valence-corrected chi connectivity index (χ1v) is 14.3. The van der Waals surface area contributed by atoms with Gasteiger partial charge in [0.05, 0.1) is 12.0 Å². The molecule has 0 bridgehead atoms. The minimum absolute atomic E-state index is 0.0933. The van der Waals surface area contributed by atoms with Gasteiger partial charge in [-0.2, -0.15) is 5.10 Å². The Morgan fingerprint density at radius 2 is 1.64 bits per heavy atom. The second-order valence-corrected chi connectivity index (χ2v) is 11.4. The lowest BCUT2D eigenvalue weighted by molar-refractivity contribution is -0.118. The fourth-order valence-electron chi connectivity index (χ4n) is 4.85. The van der Waals surface area contributed by atoms with E-state index in [1.54, 1.807) is 6.21 Å². The Balaban J connectivity index is 1.23. The van der Waals surface area contributed by atoms with Crippen molar-refractivity contribution in [3.05, 3.63) is 77.9 Å². The summed E-state index contributed by atoms with van der Waals surface area (Å²) in [6.07, 6.45) is 1.69. The summed E-state index contributed by atoms with van der Waals surface area (Å²) in [5.74, 6) is 0.807. The van der Waals surface area contributed by atoms with Gasteiger partial charge in [0, 0.05) is 40.5 Å². The van der Waals surface area contributed by atoms with Crippen LogP contribution >= 0.6 is 11.8 Å². The molecule has 0 radical (unpaired) electrons. The molecule has 0 atom stereocenters. The van der Waals surface area contributed by atoms with Crippen LogP contribution in [0.15, 0.2) is 77.0 Å². The first-order chi connectivity index (χ1) is 18.8. The first-order valence-electron chi connectivity index (χ1n) is 13.3. The molecule has 0 fully saturated rings. The number of benzene rings is 3. The van der Waals surface area contributed by atoms with Crippen LogP contribution in [0, 0.1) is 0 Å². The van der Waals surface area contributed by atoms with E-state index in [0.29, 0.717) is 11.7 Å². The summed E-state index contributed by atoms with van der Waals surface area (Å²) < 4.78 is 4.35. The summed E-state index contributed by atoms with van der Waals surface area (Å²) in [4.78, 5) is 12.5. The second-order valence-electron chi connectivity index (χ2n) is 10.5. The summed E-state index contributed by atoms with van der Waals surface area (Å²) in [5.41, 5.74) is 8.37. The van der Waals surface area contributed by atoms with Crippen LogP contribution in [-0.2, 0) is 23.3 Å². The van der Waals surface area contributed by atoms with Gasteiger partial charge in [0.15, 0.2) is 11.0 Å². The average molecular weight is 539 g/mol. The predicted octanol–water partition coefficient (Wildman–Crippen LogP) is 6.63. The molecule has 3 aromatic carbocycles. The molecule has 0 spiro atoms. The molecular weight excluding hydrogens is 504 g/mol. The molecule has 39 heavy (non-hydrogen) atoms. The minimum atomic E-state index is -0.193. The Morgan fingerprint density at radius 3 is 2.36 bits per heavy atom. The van der Waals surface area contributed by atoms with E-state index < -0.39 is 0 Å². The lowest BCUT2D eigenvalue weighted by Crippen LogP contribution is -2.20. The number of hydrazone groups is 1. The number of rotatable bonds is 8. The van der Waals surface area contributed by atoms with Gasteiger partial charge in [-0.3, -0.25) is 4.79 Å². The number of nitrogens with one attached hydrogen (secondary N) is 1. The molecule has 8 heteroatoms. The van der Waals surface area contributed by atoms with Crippen LogP contribution in [-0.4, -0.2) is 37.2 Å². The molecule has 2 heterocycles. The van der Waals surface area contributed by atoms with Gasteiger partial charge in [0.2, 0.25) is 0 Å². The van der Waals surface area contributed by atoms with Crippen molar-refractivity contribution < 1.29 is 4.79 Å². The maximum absolute atomic E-state index is 12.5. The molecule has 0 aliphatic heterocycles. The fourth-order valence-corrected chi connectivity index (χ4v) is 5.64. The van der Waals surface area contributed by atoms with Gasteiger partial charge in [0.25, 0.3) is 5.91 Å². The number of hydrogen-bond donors (Lipinski definition) is 1. The maximum Gasteiger partial charge on any atom is 0.250 e. The van der Waals surface area contributed by atoms with Gasteiger partial charge < -0.3 is 9.13 Å². The normalized spacial score (nSPS) is 12.1. The van der Waals surface area contributed by atoms with Gasteiger partial charge in [-0.25, -0.2) is 5.43 Å². The Bertz CT molecular complexity index is 1660. The number of amides is 1. The van der Waals surface area contributed by atoms with Crippen molar-refractivity contribution in [2.24, 2.45) is 5.10 Å². The van der Waals surface area contributed by atoms with Crippen LogP contribution in [0.3, 0.4) is 0 Å². The third kappa shape index (κ3) is 5.47. The zero-order valence-corrected chi connectivity index (χ0v) is 23.9. The van der Waals surface area contributed by atoms with Gasteiger partial charge in [-0.05, 0) is 48.6 Å². The monoisotopic (exact) mass is 538 g/mol. The number of nitrogens with zero attached hydrogens (tertiary/aromatic N) is 5. The lowest BCUT2D eigenvalue weighted by Gasteiger charge is -2.19. The SMILES string of the molecule is CCn1c(SCC(=O)N/N=C\c2ccc3c(c2)c2ccccc2n3CC)nnc1-c1ccc(C(C)(C)C)cc1. The predicted molar refractivity (Wildman–Crippen MR) is 161 cm³/mol. The fraction of sp³-hybridized carbons (Fsp3) is 0.290. The van der Waals surface area contributed by atoms with Gasteiger partial charge >= 0.3 is 0 Å². The lowest BCUT2D eigenvalue weighted by atomic mass is 9.87. The summed E-state index contributed by atoms with van der Waals surface area (Å²) in [6, 6.07) is 23.1. The average Bonchev–Trinajstić information content (AvgIpc) is 3.49. The topological polar surface area (TPSA) is 77.1 Å². The Morgan fingerprint density at radius 1 is 0.923 bits per heavy atom. The highest BCUT2D eigenvalue weighted by molar-refractivity contribution is 7.99. The molecule has 1 N–H and O–H groups in total. The second kappa shape index (κ2) is 11.1. The highest BCUT2D eigenvalue weighted by Crippen LogP contribution is 2.30. The third-order valence-electron chi connectivity index (χ3n) is 6.89. The zero-order chi connectivity index (χ0) is 27.6. The largest absolute Gasteiger partial charge is 0.341 e. The molecule has 0 aliphatic carbocycles. The smallest absolute Gasteiger partial charge is 0.250 e. The van der Waals surface area contributed by atoms with Crippen molar-refractivity contribution in [3.8, 4) is 11.4 Å². The number of thioether (sulfide) groups is 1. The highest BCUT2D eigenvalue weighted by Gasteiger charge is 2.17. The van der Waals surface area contributed by atoms with Gasteiger partial charge in [-0.1, -0.05) is 81.1 Å². The van der Waals surface area contributed by atoms with Crippen LogP contribution in [0.1, 0.15) is 45.7 Å². The van der Waals surface area contributed by atoms with Crippen molar-refractivity contribution >= 4 is 45.7 Å². The van der Waals surface area contributed by atoms with Gasteiger partial charge in [-0.15, -0.1) is 10.2 Å². The molecule has 1 amide bonds. The van der Waals surface area contributed by atoms with Crippen LogP contribution in [0.5, 0.6) is 0 Å². The van der Waals surface area contributed by atoms with Crippen LogP contribution in [0.2, 0.25) is 0 Å². The Kier molecular flexibility index (Phi) is 7.57. The quantitative estimate of drug-likeness (QED) is 0.137. The third-order valence-corrected chi connectivity index (χ3v) is 7.86. The molecule has 200 valence electrons. The van der Waals surface area contributed by atoms with E-state index in [2.05, 4.69) is 121 Å². The molecule has 2 aromatic heterocycles. The number of aromatic nitrogens is 4. The van der Waals surface area contributed by atoms with Crippen LogP contribution in [0.4, 0.5) is 0 Å². The molecule has 7 nitrogen and oxygen atoms in total. The zero-order valence-electron chi connectivity index (χ0n) is 23.1. The van der Waals surface area contributed by atoms with Gasteiger partial charge in [0.1, 0.15) is 0 Å². The van der Waals surface area contributed by atoms with Crippen LogP contribution < -0.4 is 5.43 Å². The van der Waals surface area contributed by atoms with Crippen molar-refractivity contribution in [2.45, 2.75) is 58.3 Å². The maximum atomic E-state index is 12.5. The molecular formula is C31H34N6OS. The number of aryl methyl sites for hydroxylation is 1. The number of carbonyl (C=O) groups excluding carboxylic acids is 1. The Labute approximate surface area is 233 Å². The summed E-state index contributed by atoms with van der Waals surface area (Å²) >= 11 is 1.36. The van der Waals surface area contributed by atoms with E-state index in [4.69, 9.17) is 0 Å². The van der Waals surface area contributed by atoms with E-state index in [9.17, 15) is 4.79 Å². The van der Waals surface area contributed by atoms with Crippen molar-refractivity contribution in [1.82, 2.24) is 24.8 Å². The van der Waals surface area contributed by atoms with Crippen LogP contribution in [0.25, 0.3) is 33.2 Å². The molecule has 0 saturated heterocycles. The molecule has 5 rings (SSSR count). The molecule has 0 aliphatic rings. The summed E-state index contributed by atoms with van der Waals surface area (Å²) in [7, 11) is 0. The summed E-state index contributed by atoms with van der Waals surface area (Å²) in [6.45, 7) is 12.4. The van der Waals surface area contributed by atoms with E-state index in [1.165, 1.54) is 39.1 Å². The molecule has 0 unspecified atom stereocenters. The standard InChI is InChI=1S/C31H34N6OS/c1-6-36-26-11-9-8-10-24(26)25-18-21(12-17-27(25)36)19-32-33-28(38)20-39-30-35-34-29(37(30)7-2)22-13-15-23(16-14-22)31(3,4)5/h8-19H,6-7,20H2,1-5H3,(H,33,38)/b32-19-. The van der Waals surface area contributed by atoms with E-state index in [1.807, 2.05) is 10.6 Å². The number of carbonyl (C=O) groups is 1. The van der Waals surface area contributed by atoms with Crippen molar-refractivity contribution in [1.29, 1.82) is 0 Å². The Hall–Kier alpha value is -3.91. The first kappa shape index (κ1) is 26.7. The van der Waals surface area contributed by atoms with Crippen molar-refractivity contribution in [3.63, 3.8) is 0 Å². The highest BCUT2D eigenvalue weighted by atomic mass is 32.2. The van der Waals surface area contributed by atoms with E-state index in [0.717, 1.165) is 23.5 Å². The molecule has 0 saturated carbocycles. The summed E-state index contributed by atoms with van der Waals surface area (Å²) in [5, 5.41) is 16.1. The van der Waals surface area contributed by atoms with E-state index in [-0.39, 0.29) is 17.1 Å². The molecule has 5 aromatic rings. The van der Waals surface area contributed by atoms with Crippen molar-refractivity contribution in [2.75, 3.05) is 5.75 Å².